The third kappa shape index (κ3) is 3.05. The second-order valence-corrected chi connectivity index (χ2v) is 5.51. The monoisotopic (exact) mass is 327 g/mol. The average Bonchev–Trinajstić information content (AvgIpc) is 2.68. The van der Waals surface area contributed by atoms with Crippen molar-refractivity contribution in [1.82, 2.24) is 5.32 Å². The van der Waals surface area contributed by atoms with E-state index < -0.39 is 11.7 Å². The van der Waals surface area contributed by atoms with Gasteiger partial charge in [0.05, 0.1) is 5.56 Å². The van der Waals surface area contributed by atoms with Gasteiger partial charge in [-0.2, -0.15) is 13.2 Å². The van der Waals surface area contributed by atoms with Crippen LogP contribution in [0, 0.1) is 0 Å². The second kappa shape index (κ2) is 5.82. The lowest BCUT2D eigenvalue weighted by atomic mass is 10.1. The SMILES string of the molecule is FC(F)(F)c1cccc2c1CNCC(c1ccc(Cl)cc1)O2. The maximum atomic E-state index is 13.1. The third-order valence-electron chi connectivity index (χ3n) is 3.58. The van der Waals surface area contributed by atoms with Crippen molar-refractivity contribution in [1.29, 1.82) is 0 Å². The number of halogens is 4. The van der Waals surface area contributed by atoms with E-state index in [0.29, 0.717) is 11.6 Å². The van der Waals surface area contributed by atoms with Crippen molar-refractivity contribution < 1.29 is 17.9 Å². The highest BCUT2D eigenvalue weighted by molar-refractivity contribution is 6.30. The fourth-order valence-electron chi connectivity index (χ4n) is 2.51. The van der Waals surface area contributed by atoms with E-state index in [0.717, 1.165) is 11.6 Å². The summed E-state index contributed by atoms with van der Waals surface area (Å²) in [6, 6.07) is 11.1. The predicted octanol–water partition coefficient (Wildman–Crippen LogP) is 4.58. The molecule has 0 radical (unpaired) electrons. The Balaban J connectivity index is 1.95. The van der Waals surface area contributed by atoms with Gasteiger partial charge in [-0.3, -0.25) is 0 Å². The molecule has 0 fully saturated rings. The van der Waals surface area contributed by atoms with E-state index >= 15 is 0 Å². The van der Waals surface area contributed by atoms with Gasteiger partial charge in [0.1, 0.15) is 11.9 Å². The van der Waals surface area contributed by atoms with E-state index in [9.17, 15) is 13.2 Å². The Morgan fingerprint density at radius 3 is 2.50 bits per heavy atom. The molecule has 3 rings (SSSR count). The Bertz CT molecular complexity index is 670. The number of ether oxygens (including phenoxy) is 1. The van der Waals surface area contributed by atoms with Crippen molar-refractivity contribution >= 4 is 11.6 Å². The van der Waals surface area contributed by atoms with E-state index in [1.807, 2.05) is 12.1 Å². The molecule has 0 saturated heterocycles. The maximum Gasteiger partial charge on any atom is 0.416 e. The highest BCUT2D eigenvalue weighted by Crippen LogP contribution is 2.38. The molecule has 2 aromatic carbocycles. The summed E-state index contributed by atoms with van der Waals surface area (Å²) in [6.07, 6.45) is -4.75. The lowest BCUT2D eigenvalue weighted by molar-refractivity contribution is -0.138. The molecule has 0 aromatic heterocycles. The molecule has 22 heavy (non-hydrogen) atoms. The molecule has 1 N–H and O–H groups in total. The lowest BCUT2D eigenvalue weighted by Gasteiger charge is -2.19. The topological polar surface area (TPSA) is 21.3 Å². The molecule has 0 aliphatic carbocycles. The van der Waals surface area contributed by atoms with Crippen LogP contribution in [0.3, 0.4) is 0 Å². The number of hydrogen-bond donors (Lipinski definition) is 1. The maximum absolute atomic E-state index is 13.1. The minimum absolute atomic E-state index is 0.120. The Kier molecular flexibility index (Phi) is 4.02. The van der Waals surface area contributed by atoms with Crippen molar-refractivity contribution in [3.63, 3.8) is 0 Å². The van der Waals surface area contributed by atoms with Crippen LogP contribution in [0.25, 0.3) is 0 Å². The summed E-state index contributed by atoms with van der Waals surface area (Å²) >= 11 is 5.85. The predicted molar refractivity (Wildman–Crippen MR) is 78.0 cm³/mol. The van der Waals surface area contributed by atoms with Crippen LogP contribution in [0.4, 0.5) is 13.2 Å². The van der Waals surface area contributed by atoms with Crippen LogP contribution in [0.2, 0.25) is 5.02 Å². The number of fused-ring (bicyclic) bond motifs is 1. The fraction of sp³-hybridized carbons (Fsp3) is 0.250. The molecular formula is C16H13ClF3NO. The molecule has 0 saturated carbocycles. The first-order valence-electron chi connectivity index (χ1n) is 6.77. The van der Waals surface area contributed by atoms with Gasteiger partial charge in [-0.05, 0) is 29.8 Å². The van der Waals surface area contributed by atoms with Crippen LogP contribution in [0.1, 0.15) is 22.8 Å². The standard InChI is InChI=1S/C16H13ClF3NO/c17-11-6-4-10(5-7-11)15-9-21-8-12-13(16(18,19)20)2-1-3-14(12)22-15/h1-7,15,21H,8-9H2. The van der Waals surface area contributed by atoms with Crippen LogP contribution < -0.4 is 10.1 Å². The summed E-state index contributed by atoms with van der Waals surface area (Å²) in [7, 11) is 0. The van der Waals surface area contributed by atoms with Crippen LogP contribution in [0.5, 0.6) is 5.75 Å². The molecule has 116 valence electrons. The van der Waals surface area contributed by atoms with Crippen LogP contribution in [-0.2, 0) is 12.7 Å². The summed E-state index contributed by atoms with van der Waals surface area (Å²) in [4.78, 5) is 0. The molecule has 6 heteroatoms. The van der Waals surface area contributed by atoms with Gasteiger partial charge in [0.25, 0.3) is 0 Å². The minimum Gasteiger partial charge on any atom is -0.484 e. The van der Waals surface area contributed by atoms with Gasteiger partial charge in [-0.15, -0.1) is 0 Å². The van der Waals surface area contributed by atoms with Gasteiger partial charge in [0.15, 0.2) is 0 Å². The van der Waals surface area contributed by atoms with Crippen molar-refractivity contribution in [3.05, 3.63) is 64.2 Å². The zero-order chi connectivity index (χ0) is 15.7. The van der Waals surface area contributed by atoms with Crippen molar-refractivity contribution in [2.75, 3.05) is 6.54 Å². The summed E-state index contributed by atoms with van der Waals surface area (Å²) in [5, 5.41) is 3.62. The molecule has 2 nitrogen and oxygen atoms in total. The average molecular weight is 328 g/mol. The quantitative estimate of drug-likeness (QED) is 0.827. The summed E-state index contributed by atoms with van der Waals surface area (Å²) in [6.45, 7) is 0.544. The molecular weight excluding hydrogens is 315 g/mol. The first kappa shape index (κ1) is 15.2. The van der Waals surface area contributed by atoms with E-state index in [-0.39, 0.29) is 24.0 Å². The van der Waals surface area contributed by atoms with Gasteiger partial charge in [-0.1, -0.05) is 29.8 Å². The second-order valence-electron chi connectivity index (χ2n) is 5.07. The zero-order valence-electron chi connectivity index (χ0n) is 11.5. The van der Waals surface area contributed by atoms with Crippen LogP contribution in [0.15, 0.2) is 42.5 Å². The Labute approximate surface area is 130 Å². The minimum atomic E-state index is -4.39. The molecule has 1 heterocycles. The first-order valence-corrected chi connectivity index (χ1v) is 7.15. The Morgan fingerprint density at radius 2 is 1.82 bits per heavy atom. The summed E-state index contributed by atoms with van der Waals surface area (Å²) < 4.78 is 45.0. The van der Waals surface area contributed by atoms with Gasteiger partial charge < -0.3 is 10.1 Å². The van der Waals surface area contributed by atoms with Crippen molar-refractivity contribution in [2.45, 2.75) is 18.8 Å². The third-order valence-corrected chi connectivity index (χ3v) is 3.83. The number of nitrogens with one attached hydrogen (secondary N) is 1. The molecule has 1 atom stereocenters. The smallest absolute Gasteiger partial charge is 0.416 e. The number of alkyl halides is 3. The van der Waals surface area contributed by atoms with Gasteiger partial charge in [0.2, 0.25) is 0 Å². The Hall–Kier alpha value is -1.72. The number of hydrogen-bond acceptors (Lipinski definition) is 2. The largest absolute Gasteiger partial charge is 0.484 e. The molecule has 0 amide bonds. The fourth-order valence-corrected chi connectivity index (χ4v) is 2.64. The van der Waals surface area contributed by atoms with Gasteiger partial charge in [-0.25, -0.2) is 0 Å². The lowest BCUT2D eigenvalue weighted by Crippen LogP contribution is -2.21. The van der Waals surface area contributed by atoms with Crippen molar-refractivity contribution in [3.8, 4) is 5.75 Å². The molecule has 1 unspecified atom stereocenters. The zero-order valence-corrected chi connectivity index (χ0v) is 12.2. The normalized spacial score (nSPS) is 18.3. The van der Waals surface area contributed by atoms with Crippen LogP contribution >= 0.6 is 11.6 Å². The molecule has 0 bridgehead atoms. The first-order chi connectivity index (χ1) is 10.4. The van der Waals surface area contributed by atoms with Crippen molar-refractivity contribution in [2.24, 2.45) is 0 Å². The molecule has 1 aliphatic rings. The van der Waals surface area contributed by atoms with Gasteiger partial charge in [0, 0.05) is 23.7 Å². The van der Waals surface area contributed by atoms with Gasteiger partial charge >= 0.3 is 6.18 Å². The number of benzene rings is 2. The number of rotatable bonds is 1. The van der Waals surface area contributed by atoms with Crippen LogP contribution in [-0.4, -0.2) is 6.54 Å². The summed E-state index contributed by atoms with van der Waals surface area (Å²) in [5.41, 5.74) is 0.350. The summed E-state index contributed by atoms with van der Waals surface area (Å²) in [5.74, 6) is 0.264. The molecule has 0 spiro atoms. The van der Waals surface area contributed by atoms with E-state index in [2.05, 4.69) is 5.32 Å². The Morgan fingerprint density at radius 1 is 1.09 bits per heavy atom. The molecule has 2 aromatic rings. The highest BCUT2D eigenvalue weighted by Gasteiger charge is 2.35. The highest BCUT2D eigenvalue weighted by atomic mass is 35.5. The molecule has 1 aliphatic heterocycles. The van der Waals surface area contributed by atoms with E-state index in [4.69, 9.17) is 16.3 Å². The van der Waals surface area contributed by atoms with E-state index in [1.54, 1.807) is 18.2 Å². The van der Waals surface area contributed by atoms with E-state index in [1.165, 1.54) is 6.07 Å².